The van der Waals surface area contributed by atoms with Gasteiger partial charge in [-0.1, -0.05) is 5.16 Å². The Hall–Kier alpha value is -2.64. The van der Waals surface area contributed by atoms with Crippen LogP contribution in [0.1, 0.15) is 5.69 Å². The van der Waals surface area contributed by atoms with Crippen molar-refractivity contribution in [2.45, 2.75) is 11.4 Å². The summed E-state index contributed by atoms with van der Waals surface area (Å²) in [7, 11) is 2.73. The van der Waals surface area contributed by atoms with Gasteiger partial charge in [0.2, 0.25) is 0 Å². The molecule has 28 heavy (non-hydrogen) atoms. The van der Waals surface area contributed by atoms with Gasteiger partial charge in [-0.3, -0.25) is 14.5 Å². The van der Waals surface area contributed by atoms with E-state index in [0.29, 0.717) is 11.3 Å². The molecule has 0 aliphatic carbocycles. The quantitative estimate of drug-likeness (QED) is 0.295. The molecule has 11 nitrogen and oxygen atoms in total. The van der Waals surface area contributed by atoms with Crippen LogP contribution in [0.4, 0.5) is 5.13 Å². The van der Waals surface area contributed by atoms with Crippen LogP contribution in [0.2, 0.25) is 0 Å². The number of thiazole rings is 1. The molecule has 2 aliphatic heterocycles. The minimum atomic E-state index is -1.21. The van der Waals surface area contributed by atoms with Gasteiger partial charge in [-0.05, 0) is 5.57 Å². The molecule has 0 spiro atoms. The van der Waals surface area contributed by atoms with Crippen LogP contribution < -0.4 is 11.1 Å². The Morgan fingerprint density at radius 2 is 2.25 bits per heavy atom. The standard InChI is InChI=1S/C15H17N5O6S2/c1-25-3-6-4-27-13-9(12(22)20(13)10(6)14(23)24)18-11(21)8(19-26-2)7-5-28-15(16)17-7/h5,9,13H,3-4H2,1-2H3,(H2,16,17)(H,18,21)(H,23,24)/b19-8-/t9?,13-/m0/s1. The van der Waals surface area contributed by atoms with E-state index in [-0.39, 0.29) is 28.8 Å². The minimum absolute atomic E-state index is 0.0980. The van der Waals surface area contributed by atoms with E-state index >= 15 is 0 Å². The van der Waals surface area contributed by atoms with E-state index in [4.69, 9.17) is 15.3 Å². The summed E-state index contributed by atoms with van der Waals surface area (Å²) < 4.78 is 5.02. The van der Waals surface area contributed by atoms with Gasteiger partial charge in [0.25, 0.3) is 11.8 Å². The molecule has 0 bridgehead atoms. The van der Waals surface area contributed by atoms with Crippen molar-refractivity contribution >= 4 is 51.7 Å². The average molecular weight is 427 g/mol. The normalized spacial score (nSPS) is 21.9. The van der Waals surface area contributed by atoms with E-state index in [1.165, 1.54) is 30.9 Å². The number of aromatic nitrogens is 1. The molecular formula is C15H17N5O6S2. The number of nitrogen functional groups attached to an aromatic ring is 1. The number of ether oxygens (including phenoxy) is 1. The highest BCUT2D eigenvalue weighted by Crippen LogP contribution is 2.40. The molecule has 150 valence electrons. The molecule has 1 unspecified atom stereocenters. The zero-order chi connectivity index (χ0) is 20.4. The SMILES string of the molecule is COCC1=C(C(=O)O)N2C(=O)C(NC(=O)/C(=N\OC)c3csc(N)n3)[C@@H]2SC1. The van der Waals surface area contributed by atoms with Crippen molar-refractivity contribution in [2.24, 2.45) is 5.16 Å². The van der Waals surface area contributed by atoms with Gasteiger partial charge < -0.3 is 25.7 Å². The zero-order valence-electron chi connectivity index (χ0n) is 14.9. The number of oxime groups is 1. The lowest BCUT2D eigenvalue weighted by Gasteiger charge is -2.49. The molecule has 2 aliphatic rings. The highest BCUT2D eigenvalue weighted by Gasteiger charge is 2.54. The van der Waals surface area contributed by atoms with Gasteiger partial charge >= 0.3 is 5.97 Å². The number of carboxylic acids is 1. The molecule has 0 aromatic carbocycles. The number of nitrogens with two attached hydrogens (primary N) is 1. The Bertz CT molecular complexity index is 882. The molecule has 2 atom stereocenters. The molecule has 1 aromatic rings. The van der Waals surface area contributed by atoms with Crippen LogP contribution in [-0.2, 0) is 24.0 Å². The third-order valence-corrected chi connectivity index (χ3v) is 6.03. The lowest BCUT2D eigenvalue weighted by molar-refractivity contribution is -0.150. The number of hydrogen-bond acceptors (Lipinski definition) is 10. The first kappa shape index (κ1) is 20.1. The molecule has 1 fully saturated rings. The molecule has 1 saturated heterocycles. The third kappa shape index (κ3) is 3.55. The van der Waals surface area contributed by atoms with Crippen LogP contribution in [0, 0.1) is 0 Å². The summed E-state index contributed by atoms with van der Waals surface area (Å²) in [5, 5.41) is 17.0. The molecule has 3 heterocycles. The summed E-state index contributed by atoms with van der Waals surface area (Å²) in [6.45, 7) is 0.109. The van der Waals surface area contributed by atoms with E-state index in [9.17, 15) is 19.5 Å². The maximum Gasteiger partial charge on any atom is 0.352 e. The molecular weight excluding hydrogens is 410 g/mol. The van der Waals surface area contributed by atoms with Gasteiger partial charge in [-0.2, -0.15) is 0 Å². The summed E-state index contributed by atoms with van der Waals surface area (Å²) in [6, 6.07) is -0.894. The zero-order valence-corrected chi connectivity index (χ0v) is 16.5. The maximum atomic E-state index is 12.6. The van der Waals surface area contributed by atoms with Crippen molar-refractivity contribution in [3.8, 4) is 0 Å². The van der Waals surface area contributed by atoms with Crippen molar-refractivity contribution in [1.82, 2.24) is 15.2 Å². The molecule has 1 aromatic heterocycles. The van der Waals surface area contributed by atoms with Crippen molar-refractivity contribution in [1.29, 1.82) is 0 Å². The minimum Gasteiger partial charge on any atom is -0.477 e. The van der Waals surface area contributed by atoms with Crippen LogP contribution in [-0.4, -0.2) is 76.5 Å². The second kappa shape index (κ2) is 8.16. The molecule has 2 amide bonds. The largest absolute Gasteiger partial charge is 0.477 e. The van der Waals surface area contributed by atoms with Crippen molar-refractivity contribution in [3.05, 3.63) is 22.3 Å². The van der Waals surface area contributed by atoms with E-state index in [0.717, 1.165) is 11.3 Å². The van der Waals surface area contributed by atoms with E-state index in [1.54, 1.807) is 5.38 Å². The van der Waals surface area contributed by atoms with Gasteiger partial charge in [0.1, 0.15) is 29.9 Å². The van der Waals surface area contributed by atoms with Gasteiger partial charge in [0, 0.05) is 18.2 Å². The number of carbonyl (C=O) groups is 3. The topological polar surface area (TPSA) is 156 Å². The third-order valence-electron chi connectivity index (χ3n) is 4.02. The van der Waals surface area contributed by atoms with Crippen LogP contribution in [0.5, 0.6) is 0 Å². The van der Waals surface area contributed by atoms with Crippen LogP contribution >= 0.6 is 23.1 Å². The Balaban J connectivity index is 1.78. The lowest BCUT2D eigenvalue weighted by Crippen LogP contribution is -2.71. The molecule has 0 saturated carbocycles. The number of fused-ring (bicyclic) bond motifs is 1. The number of methoxy groups -OCH3 is 1. The van der Waals surface area contributed by atoms with Gasteiger partial charge in [0.15, 0.2) is 10.8 Å². The summed E-state index contributed by atoms with van der Waals surface area (Å²) in [5.74, 6) is -2.03. The molecule has 13 heteroatoms. The Labute approximate surface area is 167 Å². The van der Waals surface area contributed by atoms with Crippen molar-refractivity contribution in [2.75, 3.05) is 32.3 Å². The number of thioether (sulfide) groups is 1. The van der Waals surface area contributed by atoms with E-state index < -0.39 is 29.2 Å². The Morgan fingerprint density at radius 3 is 2.82 bits per heavy atom. The molecule has 0 radical (unpaired) electrons. The highest BCUT2D eigenvalue weighted by molar-refractivity contribution is 8.00. The van der Waals surface area contributed by atoms with Gasteiger partial charge in [-0.15, -0.1) is 23.1 Å². The number of anilines is 1. The fraction of sp³-hybridized carbons (Fsp3) is 0.400. The van der Waals surface area contributed by atoms with Gasteiger partial charge in [0.05, 0.1) is 6.61 Å². The van der Waals surface area contributed by atoms with E-state index in [2.05, 4.69) is 15.5 Å². The number of nitrogens with one attached hydrogen (secondary N) is 1. The first-order chi connectivity index (χ1) is 13.4. The second-order valence-corrected chi connectivity index (χ2v) is 7.74. The summed E-state index contributed by atoms with van der Waals surface area (Å²) in [5.41, 5.74) is 6.09. The number of rotatable bonds is 7. The number of carbonyl (C=O) groups excluding carboxylic acids is 2. The lowest BCUT2D eigenvalue weighted by atomic mass is 10.0. The number of amides is 2. The second-order valence-electron chi connectivity index (χ2n) is 5.74. The molecule has 4 N–H and O–H groups in total. The fourth-order valence-electron chi connectivity index (χ4n) is 2.87. The van der Waals surface area contributed by atoms with E-state index in [1.807, 2.05) is 0 Å². The van der Waals surface area contributed by atoms with Gasteiger partial charge in [-0.25, -0.2) is 9.78 Å². The number of nitrogens with zero attached hydrogens (tertiary/aromatic N) is 3. The van der Waals surface area contributed by atoms with Crippen LogP contribution in [0.25, 0.3) is 0 Å². The smallest absolute Gasteiger partial charge is 0.352 e. The first-order valence-corrected chi connectivity index (χ1v) is 9.84. The fourth-order valence-corrected chi connectivity index (χ4v) is 4.75. The average Bonchev–Trinajstić information content (AvgIpc) is 3.09. The first-order valence-electron chi connectivity index (χ1n) is 7.91. The number of β-lactam (4-membered cyclic amide) rings is 1. The number of carboxylic acid groups (broad SMARTS) is 1. The summed E-state index contributed by atoms with van der Waals surface area (Å²) in [6.07, 6.45) is 0. The predicted octanol–water partition coefficient (Wildman–Crippen LogP) is -0.539. The summed E-state index contributed by atoms with van der Waals surface area (Å²) in [4.78, 5) is 46.7. The predicted molar refractivity (Wildman–Crippen MR) is 102 cm³/mol. The Morgan fingerprint density at radius 1 is 1.50 bits per heavy atom. The molecule has 3 rings (SSSR count). The van der Waals surface area contributed by atoms with Crippen molar-refractivity contribution < 1.29 is 29.1 Å². The monoisotopic (exact) mass is 427 g/mol. The van der Waals surface area contributed by atoms with Crippen LogP contribution in [0.3, 0.4) is 0 Å². The number of aliphatic carboxylic acids is 1. The summed E-state index contributed by atoms with van der Waals surface area (Å²) >= 11 is 2.47. The van der Waals surface area contributed by atoms with Crippen molar-refractivity contribution in [3.63, 3.8) is 0 Å². The Kier molecular flexibility index (Phi) is 5.86. The number of hydrogen-bond donors (Lipinski definition) is 3. The van der Waals surface area contributed by atoms with Crippen LogP contribution in [0.15, 0.2) is 21.8 Å². The maximum absolute atomic E-state index is 12.6. The highest BCUT2D eigenvalue weighted by atomic mass is 32.2.